The van der Waals surface area contributed by atoms with Crippen LogP contribution in [0.2, 0.25) is 0 Å². The molecule has 12 heteroatoms. The highest BCUT2D eigenvalue weighted by atomic mass is 15.2. The van der Waals surface area contributed by atoms with Crippen molar-refractivity contribution in [3.8, 4) is 33.6 Å². The lowest BCUT2D eigenvalue weighted by Gasteiger charge is -2.45. The second-order valence-corrected chi connectivity index (χ2v) is 37.0. The molecule has 6 aliphatic heterocycles. The quantitative estimate of drug-likeness (QED) is 0.106. The van der Waals surface area contributed by atoms with E-state index in [1.54, 1.807) is 0 Å². The molecule has 0 saturated heterocycles. The SMILES string of the molecule is c1ccc(N(c2ccccc2)c2ccc3c(c2)N(c2cccc(-c4ccc5c6cc7c(cc6n(-c6ccccc6)c5c4)N(c4ccccc4)c4cc(-c5ccc6c(c5)B5c8ccccc8N(c8ccccc8)c8cccc(c85)N6c5ccc6c8ccccc8n(-c8ccccc8)c6c5)cc5c4B7c4ccccc4N5c4ccccc4)c2)c2cccc4c2B3c2ccccc2N4c2ccccc2)cc1. The van der Waals surface area contributed by atoms with Crippen molar-refractivity contribution in [2.45, 2.75) is 0 Å². The predicted octanol–water partition coefficient (Wildman–Crippen LogP) is 26.9. The standard InChI is InChI=1S/C126H82B3N9/c1-9-37-87(38-10-1)130(88-39-11-2-12-40-88)96-69-72-105-120(80-96)138(116-65-35-62-113-124(116)127(105)102-55-26-30-59-109(102)132(113)90-43-15-4-16-44-90)95-53-33-36-83(74-95)85-66-70-100-101-81-107-121(82-119(101)135(117(100)76-85)93-49-21-7-22-50-93)136(94-51-23-8-24-52-94)123-78-86(77-122-126(123)129(107)104-57-28-32-61-111(104)134(122)92-47-19-6-20-48-92)84-67-73-112-106(75-84)128-103-56-27-31-60-110(103)133(91-45-17-5-18-46-91)114-63-34-64-115(125(114)128)137(112)97-68-71-99-98-54-25-29-58-108(98)131(118(99)79-97)89-41-13-3-14-42-89/h1-82H. The van der Waals surface area contributed by atoms with Crippen LogP contribution in [0.4, 0.5) is 119 Å². The van der Waals surface area contributed by atoms with Gasteiger partial charge in [-0.1, -0.05) is 285 Å². The monoisotopic (exact) mass is 1750 g/mol. The van der Waals surface area contributed by atoms with Gasteiger partial charge in [-0.3, -0.25) is 0 Å². The fourth-order valence-electron chi connectivity index (χ4n) is 24.1. The molecule has 6 aliphatic rings. The van der Waals surface area contributed by atoms with Crippen molar-refractivity contribution in [1.29, 1.82) is 0 Å². The Labute approximate surface area is 801 Å². The van der Waals surface area contributed by atoms with Gasteiger partial charge >= 0.3 is 0 Å². The van der Waals surface area contributed by atoms with Crippen LogP contribution in [0.3, 0.4) is 0 Å². The minimum atomic E-state index is -0.189. The summed E-state index contributed by atoms with van der Waals surface area (Å²) in [6.45, 7) is -0.395. The van der Waals surface area contributed by atoms with Crippen LogP contribution in [0.1, 0.15) is 0 Å². The van der Waals surface area contributed by atoms with Crippen LogP contribution in [-0.2, 0) is 0 Å². The molecule has 0 aliphatic carbocycles. The van der Waals surface area contributed by atoms with E-state index < -0.39 is 0 Å². The van der Waals surface area contributed by atoms with Gasteiger partial charge in [0.05, 0.1) is 22.1 Å². The highest BCUT2D eigenvalue weighted by Crippen LogP contribution is 2.54. The Morgan fingerprint density at radius 2 is 0.478 bits per heavy atom. The lowest BCUT2D eigenvalue weighted by Crippen LogP contribution is -2.61. The highest BCUT2D eigenvalue weighted by molar-refractivity contribution is 7.02. The second kappa shape index (κ2) is 30.8. The molecule has 2 aromatic heterocycles. The van der Waals surface area contributed by atoms with Crippen LogP contribution in [-0.4, -0.2) is 29.3 Å². The molecule has 23 aromatic rings. The van der Waals surface area contributed by atoms with Crippen molar-refractivity contribution in [1.82, 2.24) is 9.13 Å². The predicted molar refractivity (Wildman–Crippen MR) is 583 cm³/mol. The van der Waals surface area contributed by atoms with Crippen molar-refractivity contribution >= 4 is 232 Å². The van der Waals surface area contributed by atoms with Crippen LogP contribution in [0.5, 0.6) is 0 Å². The number of rotatable bonds is 13. The van der Waals surface area contributed by atoms with Gasteiger partial charge in [-0.15, -0.1) is 0 Å². The van der Waals surface area contributed by atoms with E-state index in [9.17, 15) is 0 Å². The van der Waals surface area contributed by atoms with E-state index in [0.717, 1.165) is 153 Å². The summed E-state index contributed by atoms with van der Waals surface area (Å²) in [5, 5.41) is 4.79. The molecule has 0 atom stereocenters. The normalized spacial score (nSPS) is 13.2. The topological polar surface area (TPSA) is 32.5 Å². The molecule has 0 spiro atoms. The Kier molecular flexibility index (Phi) is 17.3. The Balaban J connectivity index is 0.627. The lowest BCUT2D eigenvalue weighted by molar-refractivity contribution is 1.18. The smallest absolute Gasteiger partial charge is 0.252 e. The van der Waals surface area contributed by atoms with Gasteiger partial charge in [-0.25, -0.2) is 0 Å². The largest absolute Gasteiger partial charge is 0.311 e. The van der Waals surface area contributed by atoms with E-state index in [4.69, 9.17) is 0 Å². The molecule has 0 N–H and O–H groups in total. The molecule has 0 fully saturated rings. The molecule has 0 bridgehead atoms. The van der Waals surface area contributed by atoms with Crippen LogP contribution in [0.15, 0.2) is 497 Å². The van der Waals surface area contributed by atoms with E-state index in [2.05, 4.69) is 541 Å². The van der Waals surface area contributed by atoms with E-state index >= 15 is 0 Å². The molecule has 8 heterocycles. The average Bonchev–Trinajstić information content (AvgIpc) is 1.09. The zero-order valence-corrected chi connectivity index (χ0v) is 75.1. The third-order valence-electron chi connectivity index (χ3n) is 29.7. The molecule has 9 nitrogen and oxygen atoms in total. The fourth-order valence-corrected chi connectivity index (χ4v) is 24.1. The summed E-state index contributed by atoms with van der Waals surface area (Å²) in [7, 11) is 0. The molecule has 0 saturated carbocycles. The van der Waals surface area contributed by atoms with Gasteiger partial charge in [0.15, 0.2) is 0 Å². The number of para-hydroxylation sites is 12. The first kappa shape index (κ1) is 77.6. The number of aromatic nitrogens is 2. The highest BCUT2D eigenvalue weighted by Gasteiger charge is 2.49. The molecule has 0 unspecified atom stereocenters. The number of hydrogen-bond donors (Lipinski definition) is 0. The fraction of sp³-hybridized carbons (Fsp3) is 0. The first-order valence-electron chi connectivity index (χ1n) is 47.8. The average molecular weight is 1750 g/mol. The molecule has 29 rings (SSSR count). The summed E-state index contributed by atoms with van der Waals surface area (Å²) in [5.41, 5.74) is 46.1. The maximum Gasteiger partial charge on any atom is 0.252 e. The number of benzene rings is 21. The first-order valence-corrected chi connectivity index (χ1v) is 47.8. The summed E-state index contributed by atoms with van der Waals surface area (Å²) in [5.74, 6) is 0. The molecule has 0 radical (unpaired) electrons. The summed E-state index contributed by atoms with van der Waals surface area (Å²) < 4.78 is 4.98. The van der Waals surface area contributed by atoms with Gasteiger partial charge < -0.3 is 43.4 Å². The van der Waals surface area contributed by atoms with Crippen LogP contribution in [0.25, 0.3) is 77.2 Å². The Morgan fingerprint density at radius 1 is 0.145 bits per heavy atom. The van der Waals surface area contributed by atoms with Crippen LogP contribution in [0, 0.1) is 0 Å². The Hall–Kier alpha value is -18.0. The summed E-state index contributed by atoms with van der Waals surface area (Å²) in [6.07, 6.45) is 0. The van der Waals surface area contributed by atoms with Crippen molar-refractivity contribution < 1.29 is 0 Å². The molecule has 138 heavy (non-hydrogen) atoms. The zero-order chi connectivity index (χ0) is 90.3. The van der Waals surface area contributed by atoms with Gasteiger partial charge in [0, 0.05) is 152 Å². The van der Waals surface area contributed by atoms with Crippen molar-refractivity contribution in [2.24, 2.45) is 0 Å². The van der Waals surface area contributed by atoms with Gasteiger partial charge in [-0.2, -0.15) is 0 Å². The zero-order valence-electron chi connectivity index (χ0n) is 75.1. The number of nitrogens with zero attached hydrogens (tertiary/aromatic N) is 9. The third-order valence-corrected chi connectivity index (χ3v) is 29.7. The maximum absolute atomic E-state index is 2.60. The Bertz CT molecular complexity index is 8870. The molecule has 640 valence electrons. The third kappa shape index (κ3) is 11.7. The minimum absolute atomic E-state index is 0.0619. The van der Waals surface area contributed by atoms with E-state index in [-0.39, 0.29) is 20.1 Å². The molecule has 0 amide bonds. The van der Waals surface area contributed by atoms with Crippen molar-refractivity contribution in [3.05, 3.63) is 497 Å². The van der Waals surface area contributed by atoms with Gasteiger partial charge in [0.25, 0.3) is 20.1 Å². The second-order valence-electron chi connectivity index (χ2n) is 37.0. The van der Waals surface area contributed by atoms with Gasteiger partial charge in [-0.05, 0) is 284 Å². The van der Waals surface area contributed by atoms with E-state index in [1.165, 1.54) is 93.3 Å². The molecular formula is C126H82B3N9. The maximum atomic E-state index is 2.60. The number of fused-ring (bicyclic) bond motifs is 18. The van der Waals surface area contributed by atoms with Gasteiger partial charge in [0.2, 0.25) is 0 Å². The van der Waals surface area contributed by atoms with E-state index in [0.29, 0.717) is 0 Å². The number of anilines is 21. The summed E-state index contributed by atoms with van der Waals surface area (Å²) >= 11 is 0. The molecule has 21 aromatic carbocycles. The summed E-state index contributed by atoms with van der Waals surface area (Å²) in [4.78, 5) is 17.6. The van der Waals surface area contributed by atoms with E-state index in [1.807, 2.05) is 0 Å². The van der Waals surface area contributed by atoms with Gasteiger partial charge in [0.1, 0.15) is 0 Å². The molecular weight excluding hydrogens is 1670 g/mol. The Morgan fingerprint density at radius 3 is 1.02 bits per heavy atom. The van der Waals surface area contributed by atoms with Crippen molar-refractivity contribution in [2.75, 3.05) is 34.3 Å². The van der Waals surface area contributed by atoms with Crippen LogP contribution < -0.4 is 83.5 Å². The minimum Gasteiger partial charge on any atom is -0.311 e. The van der Waals surface area contributed by atoms with Crippen molar-refractivity contribution in [3.63, 3.8) is 0 Å². The summed E-state index contributed by atoms with van der Waals surface area (Å²) in [6, 6.07) is 186. The lowest BCUT2D eigenvalue weighted by atomic mass is 9.33. The van der Waals surface area contributed by atoms with Crippen LogP contribution >= 0.6 is 0 Å². The first-order chi connectivity index (χ1) is 68.5. The number of hydrogen-bond acceptors (Lipinski definition) is 7.